The Labute approximate surface area is 101 Å². The Morgan fingerprint density at radius 2 is 2.06 bits per heavy atom. The van der Waals surface area contributed by atoms with Crippen LogP contribution in [0.4, 0.5) is 0 Å². The summed E-state index contributed by atoms with van der Waals surface area (Å²) in [6, 6.07) is 6.66. The average molecular weight is 251 g/mol. The first-order chi connectivity index (χ1) is 8.11. The van der Waals surface area contributed by atoms with Gasteiger partial charge in [0, 0.05) is 12.4 Å². The lowest BCUT2D eigenvalue weighted by atomic mass is 10.3. The highest BCUT2D eigenvalue weighted by atomic mass is 35.5. The molecule has 0 atom stereocenters. The van der Waals surface area contributed by atoms with Crippen LogP contribution in [-0.2, 0) is 0 Å². The van der Waals surface area contributed by atoms with Gasteiger partial charge in [0.15, 0.2) is 0 Å². The molecule has 1 aromatic carbocycles. The molecule has 0 aliphatic carbocycles. The molecule has 0 spiro atoms. The summed E-state index contributed by atoms with van der Waals surface area (Å²) < 4.78 is 1.15. The highest BCUT2D eigenvalue weighted by Crippen LogP contribution is 2.17. The van der Waals surface area contributed by atoms with Gasteiger partial charge in [0.25, 0.3) is 5.56 Å². The number of hydrogen-bond acceptors (Lipinski definition) is 3. The Balaban J connectivity index is 2.70. The lowest BCUT2D eigenvalue weighted by molar-refractivity contribution is 0.0688. The van der Waals surface area contributed by atoms with Crippen LogP contribution < -0.4 is 5.56 Å². The number of carboxylic acids is 1. The van der Waals surface area contributed by atoms with Crippen molar-refractivity contribution >= 4 is 17.6 Å². The van der Waals surface area contributed by atoms with Gasteiger partial charge in [-0.3, -0.25) is 9.36 Å². The first-order valence-corrected chi connectivity index (χ1v) is 5.05. The quantitative estimate of drug-likeness (QED) is 0.878. The number of carbonyl (C=O) groups is 1. The minimum absolute atomic E-state index is 0.358. The minimum atomic E-state index is -1.36. The molecule has 0 bridgehead atoms. The molecule has 0 radical (unpaired) electrons. The zero-order valence-corrected chi connectivity index (χ0v) is 9.26. The summed E-state index contributed by atoms with van der Waals surface area (Å²) in [7, 11) is 0. The smallest absolute Gasteiger partial charge is 0.360 e. The van der Waals surface area contributed by atoms with E-state index in [-0.39, 0.29) is 0 Å². The number of aromatic carboxylic acids is 1. The molecule has 17 heavy (non-hydrogen) atoms. The molecule has 2 rings (SSSR count). The van der Waals surface area contributed by atoms with Crippen molar-refractivity contribution in [1.82, 2.24) is 9.55 Å². The monoisotopic (exact) mass is 250 g/mol. The van der Waals surface area contributed by atoms with Crippen molar-refractivity contribution in [2.24, 2.45) is 0 Å². The predicted octanol–water partition coefficient (Wildman–Crippen LogP) is 1.58. The Morgan fingerprint density at radius 1 is 1.35 bits per heavy atom. The number of para-hydroxylation sites is 1. The maximum absolute atomic E-state index is 11.8. The van der Waals surface area contributed by atoms with Gasteiger partial charge < -0.3 is 5.11 Å². The van der Waals surface area contributed by atoms with E-state index in [1.807, 2.05) is 0 Å². The Kier molecular flexibility index (Phi) is 2.93. The third-order valence-electron chi connectivity index (χ3n) is 2.16. The van der Waals surface area contributed by atoms with E-state index in [4.69, 9.17) is 16.7 Å². The molecular formula is C11H7ClN2O3. The largest absolute Gasteiger partial charge is 0.476 e. The first-order valence-electron chi connectivity index (χ1n) is 4.67. The maximum atomic E-state index is 11.8. The predicted molar refractivity (Wildman–Crippen MR) is 61.8 cm³/mol. The molecule has 0 saturated heterocycles. The third-order valence-corrected chi connectivity index (χ3v) is 2.47. The number of rotatable bonds is 2. The normalized spacial score (nSPS) is 10.2. The maximum Gasteiger partial charge on any atom is 0.360 e. The van der Waals surface area contributed by atoms with Crippen LogP contribution in [0.15, 0.2) is 41.5 Å². The molecule has 0 amide bonds. The van der Waals surface area contributed by atoms with E-state index in [2.05, 4.69) is 4.98 Å². The highest BCUT2D eigenvalue weighted by Gasteiger charge is 2.13. The molecule has 5 nitrogen and oxygen atoms in total. The zero-order chi connectivity index (χ0) is 12.4. The summed E-state index contributed by atoms with van der Waals surface area (Å²) in [4.78, 5) is 26.1. The van der Waals surface area contributed by atoms with Crippen LogP contribution in [0, 0.1) is 0 Å². The summed E-state index contributed by atoms with van der Waals surface area (Å²) in [5.41, 5.74) is -0.829. The molecule has 0 unspecified atom stereocenters. The van der Waals surface area contributed by atoms with Crippen LogP contribution in [0.3, 0.4) is 0 Å². The molecule has 1 N–H and O–H groups in total. The molecule has 2 aromatic rings. The van der Waals surface area contributed by atoms with Crippen LogP contribution in [0.1, 0.15) is 10.5 Å². The van der Waals surface area contributed by atoms with E-state index in [9.17, 15) is 9.59 Å². The molecule has 1 heterocycles. The van der Waals surface area contributed by atoms with Crippen LogP contribution in [-0.4, -0.2) is 20.6 Å². The molecule has 6 heteroatoms. The van der Waals surface area contributed by atoms with Crippen LogP contribution >= 0.6 is 11.6 Å². The van der Waals surface area contributed by atoms with Gasteiger partial charge >= 0.3 is 5.97 Å². The van der Waals surface area contributed by atoms with Gasteiger partial charge in [-0.15, -0.1) is 0 Å². The van der Waals surface area contributed by atoms with Gasteiger partial charge in [0.1, 0.15) is 0 Å². The van der Waals surface area contributed by atoms with E-state index in [1.165, 1.54) is 12.4 Å². The average Bonchev–Trinajstić information content (AvgIpc) is 2.30. The number of halogens is 1. The Bertz CT molecular complexity index is 637. The van der Waals surface area contributed by atoms with Crippen molar-refractivity contribution in [3.8, 4) is 5.69 Å². The Morgan fingerprint density at radius 3 is 2.71 bits per heavy atom. The van der Waals surface area contributed by atoms with Crippen LogP contribution in [0.2, 0.25) is 5.02 Å². The van der Waals surface area contributed by atoms with E-state index in [1.54, 1.807) is 24.3 Å². The first kappa shape index (κ1) is 11.3. The summed E-state index contributed by atoms with van der Waals surface area (Å²) >= 11 is 5.94. The summed E-state index contributed by atoms with van der Waals surface area (Å²) in [5.74, 6) is -1.36. The fraction of sp³-hybridized carbons (Fsp3) is 0. The second-order valence-electron chi connectivity index (χ2n) is 3.21. The fourth-order valence-corrected chi connectivity index (χ4v) is 1.62. The molecule has 0 fully saturated rings. The number of benzene rings is 1. The highest BCUT2D eigenvalue weighted by molar-refractivity contribution is 6.32. The van der Waals surface area contributed by atoms with Crippen molar-refractivity contribution in [3.63, 3.8) is 0 Å². The van der Waals surface area contributed by atoms with Crippen LogP contribution in [0.5, 0.6) is 0 Å². The Hall–Kier alpha value is -2.14. The van der Waals surface area contributed by atoms with Gasteiger partial charge in [-0.25, -0.2) is 9.78 Å². The van der Waals surface area contributed by atoms with Gasteiger partial charge in [-0.05, 0) is 12.1 Å². The zero-order valence-electron chi connectivity index (χ0n) is 8.50. The van der Waals surface area contributed by atoms with E-state index in [0.717, 1.165) is 4.57 Å². The second kappa shape index (κ2) is 4.39. The molecule has 0 aliphatic rings. The number of nitrogens with zero attached hydrogens (tertiary/aromatic N) is 2. The molecule has 0 aliphatic heterocycles. The second-order valence-corrected chi connectivity index (χ2v) is 3.61. The van der Waals surface area contributed by atoms with Gasteiger partial charge in [0.05, 0.1) is 10.7 Å². The summed E-state index contributed by atoms with van der Waals surface area (Å²) in [6.45, 7) is 0. The molecule has 86 valence electrons. The van der Waals surface area contributed by atoms with E-state index in [0.29, 0.717) is 10.7 Å². The topological polar surface area (TPSA) is 72.2 Å². The third kappa shape index (κ3) is 2.05. The molecule has 0 saturated carbocycles. The van der Waals surface area contributed by atoms with E-state index >= 15 is 0 Å². The molecule has 1 aromatic heterocycles. The fourth-order valence-electron chi connectivity index (χ4n) is 1.40. The van der Waals surface area contributed by atoms with Crippen molar-refractivity contribution in [3.05, 3.63) is 57.7 Å². The number of aromatic nitrogens is 2. The van der Waals surface area contributed by atoms with E-state index < -0.39 is 17.2 Å². The number of carboxylic acid groups (broad SMARTS) is 1. The lowest BCUT2D eigenvalue weighted by Gasteiger charge is -2.07. The minimum Gasteiger partial charge on any atom is -0.476 e. The standard InChI is InChI=1S/C11H7ClN2O3/c12-7-3-1-2-4-8(7)14-6-5-13-9(10(14)15)11(16)17/h1-6H,(H,16,17). The summed E-state index contributed by atoms with van der Waals surface area (Å²) in [6.07, 6.45) is 2.62. The van der Waals surface area contributed by atoms with Gasteiger partial charge in [0.2, 0.25) is 5.69 Å². The molecular weight excluding hydrogens is 244 g/mol. The van der Waals surface area contributed by atoms with Crippen molar-refractivity contribution < 1.29 is 9.90 Å². The van der Waals surface area contributed by atoms with Crippen molar-refractivity contribution in [2.45, 2.75) is 0 Å². The lowest BCUT2D eigenvalue weighted by Crippen LogP contribution is -2.26. The number of hydrogen-bond donors (Lipinski definition) is 1. The van der Waals surface area contributed by atoms with Gasteiger partial charge in [-0.2, -0.15) is 0 Å². The summed E-state index contributed by atoms with van der Waals surface area (Å²) in [5, 5.41) is 9.16. The SMILES string of the molecule is O=C(O)c1nccn(-c2ccccc2Cl)c1=O. The van der Waals surface area contributed by atoms with Crippen LogP contribution in [0.25, 0.3) is 5.69 Å². The van der Waals surface area contributed by atoms with Crippen molar-refractivity contribution in [2.75, 3.05) is 0 Å². The van der Waals surface area contributed by atoms with Gasteiger partial charge in [-0.1, -0.05) is 23.7 Å². The van der Waals surface area contributed by atoms with Crippen molar-refractivity contribution in [1.29, 1.82) is 0 Å².